The van der Waals surface area contributed by atoms with Gasteiger partial charge < -0.3 is 10.6 Å². The summed E-state index contributed by atoms with van der Waals surface area (Å²) in [6, 6.07) is 9.72. The molecule has 0 fully saturated rings. The molecule has 0 bridgehead atoms. The highest BCUT2D eigenvalue weighted by molar-refractivity contribution is 7.12. The Morgan fingerprint density at radius 3 is 2.35 bits per heavy atom. The monoisotopic (exact) mass is 288 g/mol. The molecule has 20 heavy (non-hydrogen) atoms. The molecule has 1 aromatic heterocycles. The minimum absolute atomic E-state index is 0.00500. The number of hydrogen-bond donors (Lipinski definition) is 2. The van der Waals surface area contributed by atoms with Crippen molar-refractivity contribution in [3.63, 3.8) is 0 Å². The molecule has 0 saturated carbocycles. The van der Waals surface area contributed by atoms with Crippen LogP contribution < -0.4 is 10.6 Å². The van der Waals surface area contributed by atoms with Gasteiger partial charge in [0.15, 0.2) is 0 Å². The van der Waals surface area contributed by atoms with Gasteiger partial charge in [-0.05, 0) is 51.5 Å². The fourth-order valence-electron chi connectivity index (χ4n) is 2.16. The van der Waals surface area contributed by atoms with Crippen molar-refractivity contribution in [2.45, 2.75) is 33.7 Å². The van der Waals surface area contributed by atoms with Gasteiger partial charge >= 0.3 is 6.03 Å². The zero-order chi connectivity index (χ0) is 14.7. The number of anilines is 1. The van der Waals surface area contributed by atoms with Crippen LogP contribution in [0.25, 0.3) is 0 Å². The van der Waals surface area contributed by atoms with Gasteiger partial charge in [0.1, 0.15) is 0 Å². The standard InChI is InChI=1S/C16H20N2OS/c1-10-5-7-14(8-6-10)18-16(19)17-12(3)15-9-11(2)20-13(15)4/h5-9,12H,1-4H3,(H2,17,18,19). The molecule has 1 heterocycles. The summed E-state index contributed by atoms with van der Waals surface area (Å²) in [4.78, 5) is 14.5. The Labute approximate surface area is 124 Å². The molecule has 2 rings (SSSR count). The number of rotatable bonds is 3. The third-order valence-electron chi connectivity index (χ3n) is 3.20. The molecule has 4 heteroatoms. The van der Waals surface area contributed by atoms with E-state index in [9.17, 15) is 4.79 Å². The SMILES string of the molecule is Cc1ccc(NC(=O)NC(C)c2cc(C)sc2C)cc1. The number of hydrogen-bond acceptors (Lipinski definition) is 2. The predicted molar refractivity (Wildman–Crippen MR) is 85.5 cm³/mol. The van der Waals surface area contributed by atoms with Gasteiger partial charge in [-0.3, -0.25) is 0 Å². The zero-order valence-electron chi connectivity index (χ0n) is 12.3. The number of amides is 2. The Hall–Kier alpha value is -1.81. The fourth-order valence-corrected chi connectivity index (χ4v) is 3.18. The Morgan fingerprint density at radius 1 is 1.15 bits per heavy atom. The number of nitrogens with one attached hydrogen (secondary N) is 2. The van der Waals surface area contributed by atoms with Gasteiger partial charge in [-0.25, -0.2) is 4.79 Å². The lowest BCUT2D eigenvalue weighted by atomic mass is 10.1. The molecule has 0 aliphatic carbocycles. The number of urea groups is 1. The van der Waals surface area contributed by atoms with Crippen molar-refractivity contribution < 1.29 is 4.79 Å². The molecule has 1 atom stereocenters. The van der Waals surface area contributed by atoms with Crippen LogP contribution in [0.3, 0.4) is 0 Å². The maximum absolute atomic E-state index is 12.0. The summed E-state index contributed by atoms with van der Waals surface area (Å²) in [7, 11) is 0. The summed E-state index contributed by atoms with van der Waals surface area (Å²) < 4.78 is 0. The number of benzene rings is 1. The molecular weight excluding hydrogens is 268 g/mol. The van der Waals surface area contributed by atoms with E-state index in [0.717, 1.165) is 5.69 Å². The first-order valence-electron chi connectivity index (χ1n) is 6.67. The third kappa shape index (κ3) is 3.61. The molecule has 2 amide bonds. The van der Waals surface area contributed by atoms with E-state index >= 15 is 0 Å². The molecule has 0 saturated heterocycles. The maximum atomic E-state index is 12.0. The highest BCUT2D eigenvalue weighted by Crippen LogP contribution is 2.26. The van der Waals surface area contributed by atoms with Crippen LogP contribution in [0.4, 0.5) is 10.5 Å². The van der Waals surface area contributed by atoms with Crippen molar-refractivity contribution in [1.29, 1.82) is 0 Å². The van der Waals surface area contributed by atoms with Crippen LogP contribution >= 0.6 is 11.3 Å². The Morgan fingerprint density at radius 2 is 1.80 bits per heavy atom. The minimum atomic E-state index is -0.176. The van der Waals surface area contributed by atoms with Crippen molar-refractivity contribution in [3.05, 3.63) is 51.2 Å². The van der Waals surface area contributed by atoms with Crippen molar-refractivity contribution in [3.8, 4) is 0 Å². The first-order valence-corrected chi connectivity index (χ1v) is 7.48. The second-order valence-electron chi connectivity index (χ2n) is 5.05. The number of carbonyl (C=O) groups is 1. The van der Waals surface area contributed by atoms with Crippen LogP contribution in [0.1, 0.15) is 33.8 Å². The van der Waals surface area contributed by atoms with E-state index < -0.39 is 0 Å². The maximum Gasteiger partial charge on any atom is 0.319 e. The molecule has 2 N–H and O–H groups in total. The molecule has 1 aromatic carbocycles. The molecule has 2 aromatic rings. The van der Waals surface area contributed by atoms with E-state index in [-0.39, 0.29) is 12.1 Å². The van der Waals surface area contributed by atoms with Crippen molar-refractivity contribution in [1.82, 2.24) is 5.32 Å². The highest BCUT2D eigenvalue weighted by Gasteiger charge is 2.13. The van der Waals surface area contributed by atoms with E-state index in [1.54, 1.807) is 11.3 Å². The molecular formula is C16H20N2OS. The first-order chi connectivity index (χ1) is 9.45. The molecule has 3 nitrogen and oxygen atoms in total. The molecule has 0 radical (unpaired) electrons. The van der Waals surface area contributed by atoms with Gasteiger partial charge in [0.2, 0.25) is 0 Å². The topological polar surface area (TPSA) is 41.1 Å². The van der Waals surface area contributed by atoms with Crippen LogP contribution in [-0.4, -0.2) is 6.03 Å². The van der Waals surface area contributed by atoms with Crippen molar-refractivity contribution in [2.24, 2.45) is 0 Å². The van der Waals surface area contributed by atoms with Crippen LogP contribution in [-0.2, 0) is 0 Å². The van der Waals surface area contributed by atoms with Gasteiger partial charge in [0.25, 0.3) is 0 Å². The zero-order valence-corrected chi connectivity index (χ0v) is 13.1. The van der Waals surface area contributed by atoms with Gasteiger partial charge in [0.05, 0.1) is 6.04 Å². The average molecular weight is 288 g/mol. The third-order valence-corrected chi connectivity index (χ3v) is 4.18. The van der Waals surface area contributed by atoms with Gasteiger partial charge in [-0.15, -0.1) is 11.3 Å². The van der Waals surface area contributed by atoms with E-state index in [1.165, 1.54) is 20.9 Å². The summed E-state index contributed by atoms with van der Waals surface area (Å²) in [6.07, 6.45) is 0. The Balaban J connectivity index is 1.97. The van der Waals surface area contributed by atoms with E-state index in [4.69, 9.17) is 0 Å². The van der Waals surface area contributed by atoms with Gasteiger partial charge in [0, 0.05) is 15.4 Å². The normalized spacial score (nSPS) is 12.0. The quantitative estimate of drug-likeness (QED) is 0.854. The Kier molecular flexibility index (Phi) is 4.45. The fraction of sp³-hybridized carbons (Fsp3) is 0.312. The van der Waals surface area contributed by atoms with Crippen LogP contribution in [0.2, 0.25) is 0 Å². The smallest absolute Gasteiger partial charge is 0.319 e. The highest BCUT2D eigenvalue weighted by atomic mass is 32.1. The summed E-state index contributed by atoms with van der Waals surface area (Å²) in [5.74, 6) is 0. The second-order valence-corrected chi connectivity index (χ2v) is 6.52. The lowest BCUT2D eigenvalue weighted by molar-refractivity contribution is 0.249. The summed E-state index contributed by atoms with van der Waals surface area (Å²) in [6.45, 7) is 8.19. The first kappa shape index (κ1) is 14.6. The van der Waals surface area contributed by atoms with E-state index in [2.05, 4.69) is 30.5 Å². The Bertz CT molecular complexity index is 601. The van der Waals surface area contributed by atoms with Crippen molar-refractivity contribution >= 4 is 23.1 Å². The average Bonchev–Trinajstić information content (AvgIpc) is 2.71. The van der Waals surface area contributed by atoms with Crippen LogP contribution in [0.15, 0.2) is 30.3 Å². The largest absolute Gasteiger partial charge is 0.331 e. The van der Waals surface area contributed by atoms with Crippen LogP contribution in [0, 0.1) is 20.8 Å². The molecule has 106 valence electrons. The molecule has 0 spiro atoms. The van der Waals surface area contributed by atoms with E-state index in [1.807, 2.05) is 38.1 Å². The molecule has 0 aliphatic rings. The summed E-state index contributed by atoms with van der Waals surface area (Å²) in [5, 5.41) is 5.82. The van der Waals surface area contributed by atoms with Crippen LogP contribution in [0.5, 0.6) is 0 Å². The molecule has 1 unspecified atom stereocenters. The summed E-state index contributed by atoms with van der Waals surface area (Å²) >= 11 is 1.76. The number of aryl methyl sites for hydroxylation is 3. The lowest BCUT2D eigenvalue weighted by Gasteiger charge is -2.15. The van der Waals surface area contributed by atoms with Gasteiger partial charge in [-0.1, -0.05) is 17.7 Å². The number of carbonyl (C=O) groups excluding carboxylic acids is 1. The molecule has 0 aliphatic heterocycles. The lowest BCUT2D eigenvalue weighted by Crippen LogP contribution is -2.31. The second kappa shape index (κ2) is 6.09. The minimum Gasteiger partial charge on any atom is -0.331 e. The van der Waals surface area contributed by atoms with E-state index in [0.29, 0.717) is 0 Å². The van der Waals surface area contributed by atoms with Crippen molar-refractivity contribution in [2.75, 3.05) is 5.32 Å². The number of thiophene rings is 1. The predicted octanol–water partition coefficient (Wildman–Crippen LogP) is 4.56. The van der Waals surface area contributed by atoms with Gasteiger partial charge in [-0.2, -0.15) is 0 Å². The summed E-state index contributed by atoms with van der Waals surface area (Å²) in [5.41, 5.74) is 3.17.